The third-order valence-electron chi connectivity index (χ3n) is 4.60. The SMILES string of the molecule is CCN(C(=O)c1ccc2c(c1)CCN2C(C)=O)C1CCNC1=O. The first-order valence-corrected chi connectivity index (χ1v) is 8.02. The second-order valence-electron chi connectivity index (χ2n) is 5.95. The van der Waals surface area contributed by atoms with Gasteiger partial charge in [0, 0.05) is 37.8 Å². The van der Waals surface area contributed by atoms with Gasteiger partial charge in [0.05, 0.1) is 0 Å². The van der Waals surface area contributed by atoms with E-state index in [4.69, 9.17) is 0 Å². The first-order valence-electron chi connectivity index (χ1n) is 8.02. The molecule has 0 aromatic heterocycles. The summed E-state index contributed by atoms with van der Waals surface area (Å²) >= 11 is 0. The normalized spacial score (nSPS) is 19.5. The van der Waals surface area contributed by atoms with Gasteiger partial charge in [-0.2, -0.15) is 0 Å². The fourth-order valence-corrected chi connectivity index (χ4v) is 3.41. The molecule has 0 bridgehead atoms. The summed E-state index contributed by atoms with van der Waals surface area (Å²) < 4.78 is 0. The third kappa shape index (κ3) is 2.69. The number of rotatable bonds is 3. The smallest absolute Gasteiger partial charge is 0.254 e. The Hall–Kier alpha value is -2.37. The molecule has 1 fully saturated rings. The van der Waals surface area contributed by atoms with E-state index >= 15 is 0 Å². The van der Waals surface area contributed by atoms with E-state index in [0.29, 0.717) is 31.6 Å². The Labute approximate surface area is 135 Å². The van der Waals surface area contributed by atoms with E-state index in [1.54, 1.807) is 22.8 Å². The van der Waals surface area contributed by atoms with Crippen molar-refractivity contribution in [2.45, 2.75) is 32.7 Å². The lowest BCUT2D eigenvalue weighted by Crippen LogP contribution is -2.44. The van der Waals surface area contributed by atoms with Crippen LogP contribution in [0.4, 0.5) is 5.69 Å². The lowest BCUT2D eigenvalue weighted by molar-refractivity contribution is -0.123. The maximum Gasteiger partial charge on any atom is 0.254 e. The van der Waals surface area contributed by atoms with Gasteiger partial charge in [-0.3, -0.25) is 14.4 Å². The highest BCUT2D eigenvalue weighted by atomic mass is 16.2. The lowest BCUT2D eigenvalue weighted by atomic mass is 10.1. The largest absolute Gasteiger partial charge is 0.354 e. The second-order valence-corrected chi connectivity index (χ2v) is 5.95. The maximum absolute atomic E-state index is 12.8. The molecule has 0 saturated carbocycles. The highest BCUT2D eigenvalue weighted by Crippen LogP contribution is 2.29. The summed E-state index contributed by atoms with van der Waals surface area (Å²) in [6.45, 7) is 5.20. The Morgan fingerprint density at radius 1 is 1.39 bits per heavy atom. The summed E-state index contributed by atoms with van der Waals surface area (Å²) in [4.78, 5) is 39.6. The lowest BCUT2D eigenvalue weighted by Gasteiger charge is -2.26. The maximum atomic E-state index is 12.8. The van der Waals surface area contributed by atoms with E-state index < -0.39 is 0 Å². The molecular weight excluding hydrogens is 294 g/mol. The number of likely N-dealkylation sites (N-methyl/N-ethyl adjacent to an activating group) is 1. The number of nitrogens with zero attached hydrogens (tertiary/aromatic N) is 2. The zero-order valence-electron chi connectivity index (χ0n) is 13.5. The average Bonchev–Trinajstić information content (AvgIpc) is 3.14. The summed E-state index contributed by atoms with van der Waals surface area (Å²) in [5.74, 6) is -0.191. The molecule has 2 heterocycles. The van der Waals surface area contributed by atoms with Crippen LogP contribution < -0.4 is 10.2 Å². The van der Waals surface area contributed by atoms with Crippen molar-refractivity contribution in [3.8, 4) is 0 Å². The van der Waals surface area contributed by atoms with E-state index in [-0.39, 0.29) is 23.8 Å². The van der Waals surface area contributed by atoms with Crippen LogP contribution in [-0.2, 0) is 16.0 Å². The Morgan fingerprint density at radius 3 is 2.78 bits per heavy atom. The van der Waals surface area contributed by atoms with Gasteiger partial charge >= 0.3 is 0 Å². The Bertz CT molecular complexity index is 671. The van der Waals surface area contributed by atoms with Gasteiger partial charge in [-0.1, -0.05) is 0 Å². The molecule has 3 amide bonds. The third-order valence-corrected chi connectivity index (χ3v) is 4.60. The highest BCUT2D eigenvalue weighted by molar-refractivity contribution is 6.00. The van der Waals surface area contributed by atoms with Gasteiger partial charge in [0.2, 0.25) is 11.8 Å². The zero-order valence-corrected chi connectivity index (χ0v) is 13.5. The van der Waals surface area contributed by atoms with Gasteiger partial charge in [-0.15, -0.1) is 0 Å². The predicted molar refractivity (Wildman–Crippen MR) is 86.3 cm³/mol. The van der Waals surface area contributed by atoms with Crippen molar-refractivity contribution >= 4 is 23.4 Å². The van der Waals surface area contributed by atoms with Gasteiger partial charge in [-0.05, 0) is 43.5 Å². The van der Waals surface area contributed by atoms with E-state index in [2.05, 4.69) is 5.32 Å². The monoisotopic (exact) mass is 315 g/mol. The van der Waals surface area contributed by atoms with E-state index in [9.17, 15) is 14.4 Å². The van der Waals surface area contributed by atoms with Gasteiger partial charge in [0.25, 0.3) is 5.91 Å². The van der Waals surface area contributed by atoms with Crippen LogP contribution in [0.3, 0.4) is 0 Å². The number of carbonyl (C=O) groups excluding carboxylic acids is 3. The zero-order chi connectivity index (χ0) is 16.6. The number of anilines is 1. The molecule has 23 heavy (non-hydrogen) atoms. The van der Waals surface area contributed by atoms with Crippen molar-refractivity contribution in [1.82, 2.24) is 10.2 Å². The van der Waals surface area contributed by atoms with Crippen LogP contribution in [0.25, 0.3) is 0 Å². The Kier molecular flexibility index (Phi) is 4.07. The fourth-order valence-electron chi connectivity index (χ4n) is 3.41. The molecule has 1 aromatic rings. The molecule has 3 rings (SSSR count). The number of hydrogen-bond donors (Lipinski definition) is 1. The molecule has 122 valence electrons. The number of nitrogens with one attached hydrogen (secondary N) is 1. The molecule has 1 atom stereocenters. The van der Waals surface area contributed by atoms with Crippen LogP contribution in [0, 0.1) is 0 Å². The van der Waals surface area contributed by atoms with Crippen LogP contribution >= 0.6 is 0 Å². The van der Waals surface area contributed by atoms with Crippen molar-refractivity contribution in [1.29, 1.82) is 0 Å². The predicted octanol–water partition coefficient (Wildman–Crippen LogP) is 0.946. The number of amides is 3. The molecule has 0 aliphatic carbocycles. The van der Waals surface area contributed by atoms with E-state index in [1.165, 1.54) is 0 Å². The molecule has 1 N–H and O–H groups in total. The van der Waals surface area contributed by atoms with Crippen LogP contribution in [-0.4, -0.2) is 48.3 Å². The van der Waals surface area contributed by atoms with Crippen molar-refractivity contribution in [2.24, 2.45) is 0 Å². The van der Waals surface area contributed by atoms with E-state index in [0.717, 1.165) is 17.7 Å². The molecule has 1 aromatic carbocycles. The molecule has 2 aliphatic heterocycles. The summed E-state index contributed by atoms with van der Waals surface area (Å²) in [5.41, 5.74) is 2.48. The molecule has 0 spiro atoms. The van der Waals surface area contributed by atoms with Crippen molar-refractivity contribution in [2.75, 3.05) is 24.5 Å². The molecule has 0 radical (unpaired) electrons. The minimum absolute atomic E-state index is 0.0145. The van der Waals surface area contributed by atoms with E-state index in [1.807, 2.05) is 19.1 Å². The van der Waals surface area contributed by atoms with Crippen molar-refractivity contribution in [3.05, 3.63) is 29.3 Å². The molecule has 2 aliphatic rings. The van der Waals surface area contributed by atoms with Crippen molar-refractivity contribution < 1.29 is 14.4 Å². The van der Waals surface area contributed by atoms with Gasteiger partial charge in [-0.25, -0.2) is 0 Å². The number of carbonyl (C=O) groups is 3. The fraction of sp³-hybridized carbons (Fsp3) is 0.471. The highest BCUT2D eigenvalue weighted by Gasteiger charge is 2.33. The average molecular weight is 315 g/mol. The summed E-state index contributed by atoms with van der Waals surface area (Å²) in [6.07, 6.45) is 1.41. The summed E-state index contributed by atoms with van der Waals surface area (Å²) in [6, 6.07) is 5.06. The summed E-state index contributed by atoms with van der Waals surface area (Å²) in [5, 5.41) is 2.77. The van der Waals surface area contributed by atoms with Crippen LogP contribution in [0.5, 0.6) is 0 Å². The van der Waals surface area contributed by atoms with Gasteiger partial charge < -0.3 is 15.1 Å². The standard InChI is InChI=1S/C17H21N3O3/c1-3-19(15-6-8-18-16(15)22)17(23)13-4-5-14-12(10-13)7-9-20(14)11(2)21/h4-5,10,15H,3,6-9H2,1-2H3,(H,18,22). The molecular formula is C17H21N3O3. The number of hydrogen-bond acceptors (Lipinski definition) is 3. The van der Waals surface area contributed by atoms with Crippen molar-refractivity contribution in [3.63, 3.8) is 0 Å². The minimum Gasteiger partial charge on any atom is -0.354 e. The van der Waals surface area contributed by atoms with Crippen LogP contribution in [0.1, 0.15) is 36.2 Å². The Balaban J connectivity index is 1.85. The molecule has 1 unspecified atom stereocenters. The second kappa shape index (κ2) is 6.02. The number of fused-ring (bicyclic) bond motifs is 1. The topological polar surface area (TPSA) is 69.7 Å². The molecule has 6 heteroatoms. The first kappa shape index (κ1) is 15.5. The first-order chi connectivity index (χ1) is 11.0. The Morgan fingerprint density at radius 2 is 2.17 bits per heavy atom. The van der Waals surface area contributed by atoms with Gasteiger partial charge in [0.1, 0.15) is 6.04 Å². The summed E-state index contributed by atoms with van der Waals surface area (Å²) in [7, 11) is 0. The minimum atomic E-state index is -0.380. The number of benzene rings is 1. The van der Waals surface area contributed by atoms with Crippen LogP contribution in [0.15, 0.2) is 18.2 Å². The van der Waals surface area contributed by atoms with Crippen LogP contribution in [0.2, 0.25) is 0 Å². The van der Waals surface area contributed by atoms with Gasteiger partial charge in [0.15, 0.2) is 0 Å². The quantitative estimate of drug-likeness (QED) is 0.903. The molecule has 1 saturated heterocycles. The molecule has 6 nitrogen and oxygen atoms in total.